The van der Waals surface area contributed by atoms with Gasteiger partial charge < -0.3 is 15.4 Å². The molecule has 2 unspecified atom stereocenters. The zero-order valence-corrected chi connectivity index (χ0v) is 16.2. The zero-order chi connectivity index (χ0) is 19.6. The molecular formula is C22H26N2O3. The van der Waals surface area contributed by atoms with Gasteiger partial charge in [-0.1, -0.05) is 32.0 Å². The lowest BCUT2D eigenvalue weighted by molar-refractivity contribution is -0.122. The van der Waals surface area contributed by atoms with Crippen molar-refractivity contribution < 1.29 is 14.3 Å². The van der Waals surface area contributed by atoms with Crippen LogP contribution in [0, 0.1) is 18.8 Å². The van der Waals surface area contributed by atoms with Gasteiger partial charge in [0.1, 0.15) is 5.75 Å². The van der Waals surface area contributed by atoms with Crippen LogP contribution in [0.15, 0.2) is 42.5 Å². The third-order valence-electron chi connectivity index (χ3n) is 5.00. The second-order valence-corrected chi connectivity index (χ2v) is 7.35. The van der Waals surface area contributed by atoms with Gasteiger partial charge in [0.15, 0.2) is 0 Å². The van der Waals surface area contributed by atoms with Gasteiger partial charge >= 0.3 is 0 Å². The van der Waals surface area contributed by atoms with Crippen molar-refractivity contribution in [1.82, 2.24) is 0 Å². The van der Waals surface area contributed by atoms with Crippen LogP contribution in [0.4, 0.5) is 11.4 Å². The number of benzene rings is 2. The standard InChI is InChI=1S/C22H26N2O3/c1-13(2)17-7-5-6-14(3)20(17)24-22(26)19-12-18(19)21(25)23-15-8-10-16(27-4)11-9-15/h5-11,13,18-19H,12H2,1-4H3,(H,23,25)(H,24,26). The number of hydrogen-bond acceptors (Lipinski definition) is 3. The first-order valence-electron chi connectivity index (χ1n) is 9.26. The number of methoxy groups -OCH3 is 1. The highest BCUT2D eigenvalue weighted by molar-refractivity contribution is 6.03. The Bertz CT molecular complexity index is 843. The SMILES string of the molecule is COc1ccc(NC(=O)C2CC2C(=O)Nc2c(C)cccc2C(C)C)cc1. The number of hydrogen-bond donors (Lipinski definition) is 2. The Morgan fingerprint density at radius 3 is 2.22 bits per heavy atom. The minimum absolute atomic E-state index is 0.0823. The molecule has 2 atom stereocenters. The van der Waals surface area contributed by atoms with Crippen molar-refractivity contribution in [2.75, 3.05) is 17.7 Å². The Morgan fingerprint density at radius 1 is 1.00 bits per heavy atom. The van der Waals surface area contributed by atoms with Crippen LogP contribution in [-0.4, -0.2) is 18.9 Å². The third-order valence-corrected chi connectivity index (χ3v) is 5.00. The van der Waals surface area contributed by atoms with Crippen molar-refractivity contribution in [2.45, 2.75) is 33.1 Å². The first-order chi connectivity index (χ1) is 12.9. The van der Waals surface area contributed by atoms with Gasteiger partial charge in [0, 0.05) is 11.4 Å². The van der Waals surface area contributed by atoms with Crippen molar-refractivity contribution in [3.8, 4) is 5.75 Å². The summed E-state index contributed by atoms with van der Waals surface area (Å²) in [7, 11) is 1.60. The predicted molar refractivity (Wildman–Crippen MR) is 107 cm³/mol. The third kappa shape index (κ3) is 4.30. The van der Waals surface area contributed by atoms with Crippen LogP contribution in [0.5, 0.6) is 5.75 Å². The van der Waals surface area contributed by atoms with E-state index in [2.05, 4.69) is 24.5 Å². The van der Waals surface area contributed by atoms with Gasteiger partial charge in [0.2, 0.25) is 11.8 Å². The summed E-state index contributed by atoms with van der Waals surface area (Å²) in [6.07, 6.45) is 0.580. The van der Waals surface area contributed by atoms with E-state index in [1.807, 2.05) is 25.1 Å². The first kappa shape index (κ1) is 19.0. The van der Waals surface area contributed by atoms with Crippen molar-refractivity contribution in [3.05, 3.63) is 53.6 Å². The highest BCUT2D eigenvalue weighted by Gasteiger charge is 2.48. The summed E-state index contributed by atoms with van der Waals surface area (Å²) in [5.41, 5.74) is 3.73. The predicted octanol–water partition coefficient (Wildman–Crippen LogP) is 4.34. The second-order valence-electron chi connectivity index (χ2n) is 7.35. The van der Waals surface area contributed by atoms with Crippen molar-refractivity contribution in [1.29, 1.82) is 0 Å². The lowest BCUT2D eigenvalue weighted by Gasteiger charge is -2.16. The molecule has 0 radical (unpaired) electrons. The maximum absolute atomic E-state index is 12.6. The van der Waals surface area contributed by atoms with Gasteiger partial charge in [-0.15, -0.1) is 0 Å². The number of aryl methyl sites for hydroxylation is 1. The highest BCUT2D eigenvalue weighted by Crippen LogP contribution is 2.41. The molecule has 0 saturated heterocycles. The van der Waals surface area contributed by atoms with Crippen LogP contribution in [-0.2, 0) is 9.59 Å². The summed E-state index contributed by atoms with van der Waals surface area (Å²) in [5.74, 6) is 0.293. The molecule has 5 nitrogen and oxygen atoms in total. The molecular weight excluding hydrogens is 340 g/mol. The molecule has 2 aromatic carbocycles. The average Bonchev–Trinajstić information content (AvgIpc) is 3.45. The van der Waals surface area contributed by atoms with Gasteiger partial charge in [-0.3, -0.25) is 9.59 Å². The summed E-state index contributed by atoms with van der Waals surface area (Å²) >= 11 is 0. The van der Waals surface area contributed by atoms with Crippen molar-refractivity contribution in [2.24, 2.45) is 11.8 Å². The van der Waals surface area contributed by atoms with Crippen LogP contribution in [0.2, 0.25) is 0 Å². The molecule has 0 spiro atoms. The van der Waals surface area contributed by atoms with Gasteiger partial charge in [-0.2, -0.15) is 0 Å². The Morgan fingerprint density at radius 2 is 1.63 bits per heavy atom. The van der Waals surface area contributed by atoms with Crippen LogP contribution in [0.3, 0.4) is 0 Å². The molecule has 0 heterocycles. The molecule has 2 N–H and O–H groups in total. The first-order valence-corrected chi connectivity index (χ1v) is 9.26. The largest absolute Gasteiger partial charge is 0.497 e. The fourth-order valence-electron chi connectivity index (χ4n) is 3.24. The molecule has 142 valence electrons. The highest BCUT2D eigenvalue weighted by atomic mass is 16.5. The molecule has 1 aliphatic carbocycles. The van der Waals surface area contributed by atoms with Crippen LogP contribution in [0.1, 0.15) is 37.3 Å². The van der Waals surface area contributed by atoms with E-state index in [0.717, 1.165) is 22.6 Å². The summed E-state index contributed by atoms with van der Waals surface area (Å²) in [6.45, 7) is 6.20. The summed E-state index contributed by atoms with van der Waals surface area (Å²) in [6, 6.07) is 13.2. The molecule has 0 aliphatic heterocycles. The fraction of sp³-hybridized carbons (Fsp3) is 0.364. The van der Waals surface area contributed by atoms with Crippen molar-refractivity contribution >= 4 is 23.2 Å². The number of carbonyl (C=O) groups excluding carboxylic acids is 2. The molecule has 1 aliphatic rings. The number of carbonyl (C=O) groups is 2. The molecule has 1 fully saturated rings. The number of ether oxygens (including phenoxy) is 1. The summed E-state index contributed by atoms with van der Waals surface area (Å²) in [5, 5.41) is 5.92. The molecule has 2 aromatic rings. The molecule has 5 heteroatoms. The minimum atomic E-state index is -0.279. The molecule has 27 heavy (non-hydrogen) atoms. The normalized spacial score (nSPS) is 18.1. The Balaban J connectivity index is 1.61. The van der Waals surface area contributed by atoms with Gasteiger partial charge in [-0.05, 0) is 54.7 Å². The lowest BCUT2D eigenvalue weighted by atomic mass is 9.98. The maximum Gasteiger partial charge on any atom is 0.228 e. The second kappa shape index (κ2) is 7.82. The van der Waals surface area contributed by atoms with Gasteiger partial charge in [0.05, 0.1) is 18.9 Å². The Kier molecular flexibility index (Phi) is 5.49. The number of anilines is 2. The number of nitrogens with one attached hydrogen (secondary N) is 2. The topological polar surface area (TPSA) is 67.4 Å². The molecule has 0 aromatic heterocycles. The fourth-order valence-corrected chi connectivity index (χ4v) is 3.24. The molecule has 0 bridgehead atoms. The molecule has 2 amide bonds. The lowest BCUT2D eigenvalue weighted by Crippen LogP contribution is -2.21. The van der Waals surface area contributed by atoms with E-state index in [9.17, 15) is 9.59 Å². The van der Waals surface area contributed by atoms with Crippen LogP contribution >= 0.6 is 0 Å². The Labute approximate surface area is 160 Å². The summed E-state index contributed by atoms with van der Waals surface area (Å²) < 4.78 is 5.11. The number of amides is 2. The Hall–Kier alpha value is -2.82. The van der Waals surface area contributed by atoms with Crippen molar-refractivity contribution in [3.63, 3.8) is 0 Å². The van der Waals surface area contributed by atoms with Crippen LogP contribution < -0.4 is 15.4 Å². The van der Waals surface area contributed by atoms with Crippen LogP contribution in [0.25, 0.3) is 0 Å². The zero-order valence-electron chi connectivity index (χ0n) is 16.2. The summed E-state index contributed by atoms with van der Waals surface area (Å²) in [4.78, 5) is 25.1. The minimum Gasteiger partial charge on any atom is -0.497 e. The van der Waals surface area contributed by atoms with E-state index in [0.29, 0.717) is 18.0 Å². The monoisotopic (exact) mass is 366 g/mol. The quantitative estimate of drug-likeness (QED) is 0.799. The smallest absolute Gasteiger partial charge is 0.228 e. The van der Waals surface area contributed by atoms with E-state index in [-0.39, 0.29) is 23.7 Å². The number of para-hydroxylation sites is 1. The maximum atomic E-state index is 12.6. The molecule has 3 rings (SSSR count). The van der Waals surface area contributed by atoms with Gasteiger partial charge in [-0.25, -0.2) is 0 Å². The van der Waals surface area contributed by atoms with E-state index in [1.54, 1.807) is 31.4 Å². The van der Waals surface area contributed by atoms with Gasteiger partial charge in [0.25, 0.3) is 0 Å². The van der Waals surface area contributed by atoms with E-state index in [1.165, 1.54) is 0 Å². The number of rotatable bonds is 6. The van der Waals surface area contributed by atoms with E-state index < -0.39 is 0 Å². The van der Waals surface area contributed by atoms with E-state index in [4.69, 9.17) is 4.74 Å². The van der Waals surface area contributed by atoms with E-state index >= 15 is 0 Å². The average molecular weight is 366 g/mol. The molecule has 1 saturated carbocycles.